The second kappa shape index (κ2) is 12.4. The Morgan fingerprint density at radius 1 is 0.975 bits per heavy atom. The zero-order valence-electron chi connectivity index (χ0n) is 23.7. The molecule has 9 heteroatoms. The normalized spacial score (nSPS) is 11.6. The van der Waals surface area contributed by atoms with Gasteiger partial charge in [0.1, 0.15) is 17.2 Å². The van der Waals surface area contributed by atoms with Gasteiger partial charge in [0.05, 0.1) is 25.8 Å². The number of esters is 1. The number of carbonyl (C=O) groups excluding carboxylic acids is 1. The fraction of sp³-hybridized carbons (Fsp3) is 0.323. The van der Waals surface area contributed by atoms with E-state index in [0.717, 1.165) is 22.4 Å². The number of halogens is 1. The van der Waals surface area contributed by atoms with E-state index in [9.17, 15) is 4.79 Å². The van der Waals surface area contributed by atoms with Gasteiger partial charge in [-0.1, -0.05) is 41.6 Å². The van der Waals surface area contributed by atoms with Gasteiger partial charge in [0.2, 0.25) is 5.82 Å². The van der Waals surface area contributed by atoms with Crippen LogP contribution in [0.25, 0.3) is 34.0 Å². The summed E-state index contributed by atoms with van der Waals surface area (Å²) in [6.07, 6.45) is 0. The Morgan fingerprint density at radius 2 is 1.73 bits per heavy atom. The summed E-state index contributed by atoms with van der Waals surface area (Å²) in [5, 5.41) is 4.05. The molecule has 0 unspecified atom stereocenters. The molecule has 3 aromatic carbocycles. The number of aromatic nitrogens is 2. The predicted molar refractivity (Wildman–Crippen MR) is 150 cm³/mol. The number of ether oxygens (including phenoxy) is 3. The summed E-state index contributed by atoms with van der Waals surface area (Å²) in [6.45, 7) is 6.01. The highest BCUT2D eigenvalue weighted by Gasteiger charge is 2.21. The first-order valence-electron chi connectivity index (χ1n) is 12.9. The van der Waals surface area contributed by atoms with Crippen molar-refractivity contribution in [2.24, 2.45) is 0 Å². The second-order valence-corrected chi connectivity index (χ2v) is 10.5. The van der Waals surface area contributed by atoms with Crippen molar-refractivity contribution in [2.45, 2.75) is 39.5 Å². The molecule has 210 valence electrons. The third kappa shape index (κ3) is 6.91. The summed E-state index contributed by atoms with van der Waals surface area (Å²) in [6, 6.07) is 18.5. The van der Waals surface area contributed by atoms with Gasteiger partial charge in [-0.25, -0.2) is 4.39 Å². The van der Waals surface area contributed by atoms with Gasteiger partial charge < -0.3 is 18.7 Å². The molecule has 0 N–H and O–H groups in total. The molecular formula is C31H34FN3O5. The lowest BCUT2D eigenvalue weighted by Gasteiger charge is -2.22. The number of carbonyl (C=O) groups is 1. The molecule has 0 amide bonds. The van der Waals surface area contributed by atoms with E-state index in [1.807, 2.05) is 42.5 Å². The van der Waals surface area contributed by atoms with Crippen LogP contribution >= 0.6 is 0 Å². The quantitative estimate of drug-likeness (QED) is 0.219. The maximum absolute atomic E-state index is 15.5. The van der Waals surface area contributed by atoms with Gasteiger partial charge in [-0.3, -0.25) is 9.69 Å². The van der Waals surface area contributed by atoms with Crippen LogP contribution in [0.1, 0.15) is 31.9 Å². The molecule has 4 rings (SSSR count). The number of hydrogen-bond donors (Lipinski definition) is 0. The predicted octanol–water partition coefficient (Wildman–Crippen LogP) is 6.14. The smallest absolute Gasteiger partial charge is 0.320 e. The van der Waals surface area contributed by atoms with Gasteiger partial charge >= 0.3 is 5.97 Å². The van der Waals surface area contributed by atoms with E-state index < -0.39 is 11.4 Å². The molecule has 0 aliphatic rings. The monoisotopic (exact) mass is 547 g/mol. The lowest BCUT2D eigenvalue weighted by atomic mass is 9.97. The first-order valence-corrected chi connectivity index (χ1v) is 12.9. The maximum atomic E-state index is 15.5. The molecule has 40 heavy (non-hydrogen) atoms. The number of hydrogen-bond acceptors (Lipinski definition) is 8. The van der Waals surface area contributed by atoms with Crippen LogP contribution in [0.4, 0.5) is 4.39 Å². The molecule has 0 saturated heterocycles. The average molecular weight is 548 g/mol. The summed E-state index contributed by atoms with van der Waals surface area (Å²) in [5.74, 6) is 0.285. The first-order chi connectivity index (χ1) is 19.1. The van der Waals surface area contributed by atoms with E-state index >= 15 is 4.39 Å². The maximum Gasteiger partial charge on any atom is 0.320 e. The van der Waals surface area contributed by atoms with Crippen molar-refractivity contribution in [2.75, 3.05) is 27.8 Å². The zero-order chi connectivity index (χ0) is 28.9. The van der Waals surface area contributed by atoms with Gasteiger partial charge in [0.25, 0.3) is 5.89 Å². The zero-order valence-corrected chi connectivity index (χ0v) is 23.7. The van der Waals surface area contributed by atoms with Crippen molar-refractivity contribution in [1.82, 2.24) is 15.0 Å². The molecule has 0 aliphatic carbocycles. The summed E-state index contributed by atoms with van der Waals surface area (Å²) in [4.78, 5) is 18.3. The summed E-state index contributed by atoms with van der Waals surface area (Å²) >= 11 is 0. The Hall–Kier alpha value is -4.08. The molecule has 0 aliphatic heterocycles. The minimum Gasteiger partial charge on any atom is -0.496 e. The number of rotatable bonds is 10. The molecule has 0 radical (unpaired) electrons. The highest BCUT2D eigenvalue weighted by molar-refractivity contribution is 5.76. The van der Waals surface area contributed by atoms with E-state index in [2.05, 4.69) is 10.1 Å². The molecule has 0 bridgehead atoms. The van der Waals surface area contributed by atoms with Crippen LogP contribution in [0.2, 0.25) is 0 Å². The molecule has 4 aromatic rings. The van der Waals surface area contributed by atoms with E-state index in [4.69, 9.17) is 18.7 Å². The molecule has 0 saturated carbocycles. The fourth-order valence-electron chi connectivity index (χ4n) is 4.40. The van der Waals surface area contributed by atoms with Crippen molar-refractivity contribution in [3.05, 3.63) is 77.6 Å². The third-order valence-corrected chi connectivity index (χ3v) is 6.05. The lowest BCUT2D eigenvalue weighted by molar-refractivity contribution is -0.155. The number of benzene rings is 3. The Bertz CT molecular complexity index is 1480. The average Bonchev–Trinajstić information content (AvgIpc) is 3.39. The van der Waals surface area contributed by atoms with Crippen LogP contribution in [-0.2, 0) is 27.4 Å². The van der Waals surface area contributed by atoms with Gasteiger partial charge in [-0.15, -0.1) is 0 Å². The van der Waals surface area contributed by atoms with E-state index in [0.29, 0.717) is 17.7 Å². The van der Waals surface area contributed by atoms with Crippen LogP contribution in [0.15, 0.2) is 65.2 Å². The number of nitrogens with zero attached hydrogens (tertiary/aromatic N) is 3. The SMILES string of the molecule is COCc1cc(-c2nc(-c3cccc(CN(C)CC(=O)OC(C)(C)C)c3F)no2)ccc1-c1ccccc1OC. The van der Waals surface area contributed by atoms with Crippen LogP contribution < -0.4 is 4.74 Å². The standard InChI is InChI=1S/C31H34FN3O5/c1-31(2,3)39-27(36)18-35(4)17-21-10-9-12-25(28(21)32)29-33-30(40-34-29)20-14-15-23(22(16-20)19-37-5)24-11-7-8-13-26(24)38-6/h7-16H,17-19H2,1-6H3. The first kappa shape index (κ1) is 28.9. The molecule has 0 fully saturated rings. The van der Waals surface area contributed by atoms with Crippen molar-refractivity contribution < 1.29 is 27.9 Å². The Balaban J connectivity index is 1.57. The van der Waals surface area contributed by atoms with Crippen molar-refractivity contribution in [3.8, 4) is 39.7 Å². The van der Waals surface area contributed by atoms with Crippen molar-refractivity contribution >= 4 is 5.97 Å². The topological polar surface area (TPSA) is 86.9 Å². The number of methoxy groups -OCH3 is 2. The second-order valence-electron chi connectivity index (χ2n) is 10.5. The molecule has 0 atom stereocenters. The molecule has 8 nitrogen and oxygen atoms in total. The van der Waals surface area contributed by atoms with Crippen LogP contribution in [0.3, 0.4) is 0 Å². The van der Waals surface area contributed by atoms with Crippen molar-refractivity contribution in [3.63, 3.8) is 0 Å². The van der Waals surface area contributed by atoms with E-state index in [-0.39, 0.29) is 36.3 Å². The van der Waals surface area contributed by atoms with Gasteiger partial charge in [0.15, 0.2) is 0 Å². The molecule has 1 heterocycles. The lowest BCUT2D eigenvalue weighted by Crippen LogP contribution is -2.32. The van der Waals surface area contributed by atoms with Gasteiger partial charge in [-0.2, -0.15) is 4.98 Å². The van der Waals surface area contributed by atoms with E-state index in [1.54, 1.807) is 65.1 Å². The van der Waals surface area contributed by atoms with Crippen LogP contribution in [0.5, 0.6) is 5.75 Å². The third-order valence-electron chi connectivity index (χ3n) is 6.05. The summed E-state index contributed by atoms with van der Waals surface area (Å²) in [7, 11) is 5.00. The fourth-order valence-corrected chi connectivity index (χ4v) is 4.40. The van der Waals surface area contributed by atoms with E-state index in [1.165, 1.54) is 0 Å². The Kier molecular flexibility index (Phi) is 8.96. The minimum absolute atomic E-state index is 0.0297. The minimum atomic E-state index is -0.585. The molecular weight excluding hydrogens is 513 g/mol. The molecule has 0 spiro atoms. The summed E-state index contributed by atoms with van der Waals surface area (Å²) < 4.78 is 37.4. The van der Waals surface area contributed by atoms with Crippen LogP contribution in [-0.4, -0.2) is 54.4 Å². The summed E-state index contributed by atoms with van der Waals surface area (Å²) in [5.41, 5.74) is 3.50. The van der Waals surface area contributed by atoms with Crippen molar-refractivity contribution in [1.29, 1.82) is 0 Å². The Morgan fingerprint density at radius 3 is 2.45 bits per heavy atom. The largest absolute Gasteiger partial charge is 0.496 e. The highest BCUT2D eigenvalue weighted by Crippen LogP contribution is 2.35. The number of likely N-dealkylation sites (N-methyl/N-ethyl adjacent to an activating group) is 1. The number of para-hydroxylation sites is 1. The highest BCUT2D eigenvalue weighted by atomic mass is 19.1. The van der Waals surface area contributed by atoms with Gasteiger partial charge in [-0.05, 0) is 63.2 Å². The molecule has 1 aromatic heterocycles. The van der Waals surface area contributed by atoms with Crippen LogP contribution in [0, 0.1) is 5.82 Å². The van der Waals surface area contributed by atoms with Gasteiger partial charge in [0, 0.05) is 30.3 Å². The Labute approximate surface area is 233 Å².